The van der Waals surface area contributed by atoms with Gasteiger partial charge in [-0.05, 0) is 24.8 Å². The number of aromatic nitrogens is 4. The van der Waals surface area contributed by atoms with Crippen LogP contribution in [-0.2, 0) is 24.2 Å². The van der Waals surface area contributed by atoms with Crippen molar-refractivity contribution in [1.29, 1.82) is 0 Å². The summed E-state index contributed by atoms with van der Waals surface area (Å²) in [7, 11) is 0. The van der Waals surface area contributed by atoms with E-state index in [9.17, 15) is 4.79 Å². The van der Waals surface area contributed by atoms with Gasteiger partial charge in [0.2, 0.25) is 0 Å². The Morgan fingerprint density at radius 2 is 1.97 bits per heavy atom. The highest BCUT2D eigenvalue weighted by molar-refractivity contribution is 5.67. The number of aryl methyl sites for hydroxylation is 2. The SMILES string of the molecule is CCCCCCc1cnc(CCCNC(=O)OCc2ccccc2)n2cnnc12. The number of alkyl carbamates (subject to hydrolysis) is 1. The van der Waals surface area contributed by atoms with Gasteiger partial charge in [0.15, 0.2) is 5.65 Å². The van der Waals surface area contributed by atoms with Crippen molar-refractivity contribution >= 4 is 11.7 Å². The molecule has 2 heterocycles. The third-order valence-electron chi connectivity index (χ3n) is 4.84. The second kappa shape index (κ2) is 11.1. The van der Waals surface area contributed by atoms with Crippen LogP contribution in [0.2, 0.25) is 0 Å². The molecule has 7 heteroatoms. The van der Waals surface area contributed by atoms with Gasteiger partial charge in [-0.25, -0.2) is 9.78 Å². The largest absolute Gasteiger partial charge is 0.445 e. The van der Waals surface area contributed by atoms with Gasteiger partial charge in [0.05, 0.1) is 0 Å². The Bertz CT molecular complexity index is 895. The number of nitrogens with zero attached hydrogens (tertiary/aromatic N) is 4. The number of rotatable bonds is 11. The molecule has 3 aromatic rings. The summed E-state index contributed by atoms with van der Waals surface area (Å²) in [4.78, 5) is 16.4. The minimum atomic E-state index is -0.404. The predicted molar refractivity (Wildman–Crippen MR) is 112 cm³/mol. The fourth-order valence-electron chi connectivity index (χ4n) is 3.23. The van der Waals surface area contributed by atoms with Crippen LogP contribution in [0, 0.1) is 0 Å². The molecule has 1 N–H and O–H groups in total. The molecule has 1 amide bonds. The van der Waals surface area contributed by atoms with Crippen molar-refractivity contribution in [2.24, 2.45) is 0 Å². The molecule has 3 rings (SSSR count). The minimum Gasteiger partial charge on any atom is -0.445 e. The summed E-state index contributed by atoms with van der Waals surface area (Å²) in [5.74, 6) is 0.904. The maximum Gasteiger partial charge on any atom is 0.407 e. The van der Waals surface area contributed by atoms with Crippen LogP contribution in [0.15, 0.2) is 42.9 Å². The first-order valence-corrected chi connectivity index (χ1v) is 10.4. The van der Waals surface area contributed by atoms with Crippen LogP contribution < -0.4 is 5.32 Å². The van der Waals surface area contributed by atoms with Crippen LogP contribution in [0.25, 0.3) is 5.65 Å². The number of carbonyl (C=O) groups excluding carboxylic acids is 1. The standard InChI is InChI=1S/C22H29N5O2/c1-2-3-4-8-12-19-15-24-20(27-17-25-26-21(19)27)13-9-14-23-22(28)29-16-18-10-6-5-7-11-18/h5-7,10-11,15,17H,2-4,8-9,12-14,16H2,1H3,(H,23,28). The molecule has 154 valence electrons. The molecule has 0 atom stereocenters. The summed E-state index contributed by atoms with van der Waals surface area (Å²) < 4.78 is 7.18. The van der Waals surface area contributed by atoms with Crippen LogP contribution in [0.4, 0.5) is 4.79 Å². The first kappa shape index (κ1) is 20.8. The van der Waals surface area contributed by atoms with E-state index in [1.807, 2.05) is 40.9 Å². The van der Waals surface area contributed by atoms with Crippen LogP contribution >= 0.6 is 0 Å². The van der Waals surface area contributed by atoms with Crippen molar-refractivity contribution in [3.8, 4) is 0 Å². The van der Waals surface area contributed by atoms with Gasteiger partial charge in [0.25, 0.3) is 0 Å². The third-order valence-corrected chi connectivity index (χ3v) is 4.84. The van der Waals surface area contributed by atoms with Crippen molar-refractivity contribution in [3.63, 3.8) is 0 Å². The summed E-state index contributed by atoms with van der Waals surface area (Å²) in [6.45, 7) is 3.01. The molecular formula is C22H29N5O2. The quantitative estimate of drug-likeness (QED) is 0.494. The smallest absolute Gasteiger partial charge is 0.407 e. The molecule has 0 aliphatic carbocycles. The van der Waals surface area contributed by atoms with Crippen molar-refractivity contribution < 1.29 is 9.53 Å². The number of hydrogen-bond donors (Lipinski definition) is 1. The lowest BCUT2D eigenvalue weighted by molar-refractivity contribution is 0.139. The summed E-state index contributed by atoms with van der Waals surface area (Å²) in [5, 5.41) is 11.1. The maximum absolute atomic E-state index is 11.8. The maximum atomic E-state index is 11.8. The molecule has 29 heavy (non-hydrogen) atoms. The summed E-state index contributed by atoms with van der Waals surface area (Å²) in [5.41, 5.74) is 3.00. The minimum absolute atomic E-state index is 0.273. The first-order chi connectivity index (χ1) is 14.3. The van der Waals surface area contributed by atoms with Crippen molar-refractivity contribution in [2.45, 2.75) is 58.5 Å². The highest BCUT2D eigenvalue weighted by Gasteiger charge is 2.10. The fourth-order valence-corrected chi connectivity index (χ4v) is 3.23. The summed E-state index contributed by atoms with van der Waals surface area (Å²) in [6, 6.07) is 9.63. The molecule has 2 aromatic heterocycles. The molecule has 1 aromatic carbocycles. The van der Waals surface area contributed by atoms with Crippen molar-refractivity contribution in [2.75, 3.05) is 6.54 Å². The number of nitrogens with one attached hydrogen (secondary N) is 1. The third kappa shape index (κ3) is 6.27. The van der Waals surface area contributed by atoms with E-state index in [0.29, 0.717) is 6.54 Å². The molecule has 7 nitrogen and oxygen atoms in total. The molecule has 0 saturated carbocycles. The molecule has 0 radical (unpaired) electrons. The van der Waals surface area contributed by atoms with Gasteiger partial charge < -0.3 is 10.1 Å². The number of benzene rings is 1. The van der Waals surface area contributed by atoms with Gasteiger partial charge in [-0.1, -0.05) is 56.5 Å². The summed E-state index contributed by atoms with van der Waals surface area (Å²) in [6.07, 6.45) is 10.6. The van der Waals surface area contributed by atoms with E-state index in [-0.39, 0.29) is 6.61 Å². The Morgan fingerprint density at radius 1 is 1.10 bits per heavy atom. The van der Waals surface area contributed by atoms with E-state index in [1.165, 1.54) is 19.3 Å². The first-order valence-electron chi connectivity index (χ1n) is 10.4. The predicted octanol–water partition coefficient (Wildman–Crippen LogP) is 4.11. The zero-order chi connectivity index (χ0) is 20.3. The molecule has 0 aliphatic rings. The monoisotopic (exact) mass is 395 g/mol. The molecule has 0 unspecified atom stereocenters. The van der Waals surface area contributed by atoms with E-state index in [2.05, 4.69) is 27.4 Å². The van der Waals surface area contributed by atoms with Crippen LogP contribution in [-0.4, -0.2) is 32.2 Å². The van der Waals surface area contributed by atoms with Gasteiger partial charge in [-0.15, -0.1) is 10.2 Å². The Kier molecular flexibility index (Phi) is 7.98. The molecule has 0 saturated heterocycles. The van der Waals surface area contributed by atoms with Crippen LogP contribution in [0.1, 0.15) is 56.0 Å². The van der Waals surface area contributed by atoms with Crippen molar-refractivity contribution in [3.05, 3.63) is 59.8 Å². The number of hydrogen-bond acceptors (Lipinski definition) is 5. The Hall–Kier alpha value is -2.96. The Morgan fingerprint density at radius 3 is 2.79 bits per heavy atom. The second-order valence-electron chi connectivity index (χ2n) is 7.13. The van der Waals surface area contributed by atoms with E-state index in [0.717, 1.165) is 48.3 Å². The lowest BCUT2D eigenvalue weighted by atomic mass is 10.1. The van der Waals surface area contributed by atoms with Crippen LogP contribution in [0.5, 0.6) is 0 Å². The highest BCUT2D eigenvalue weighted by atomic mass is 16.5. The number of amides is 1. The molecule has 0 bridgehead atoms. The zero-order valence-corrected chi connectivity index (χ0v) is 17.0. The lowest BCUT2D eigenvalue weighted by Gasteiger charge is -2.09. The molecule has 0 aliphatic heterocycles. The van der Waals surface area contributed by atoms with Gasteiger partial charge in [-0.2, -0.15) is 0 Å². The van der Waals surface area contributed by atoms with E-state index in [4.69, 9.17) is 4.74 Å². The van der Waals surface area contributed by atoms with E-state index >= 15 is 0 Å². The average Bonchev–Trinajstić information content (AvgIpc) is 3.25. The Balaban J connectivity index is 1.43. The average molecular weight is 396 g/mol. The number of ether oxygens (including phenoxy) is 1. The summed E-state index contributed by atoms with van der Waals surface area (Å²) >= 11 is 0. The Labute approximate surface area is 171 Å². The van der Waals surface area contributed by atoms with E-state index in [1.54, 1.807) is 6.33 Å². The molecular weight excluding hydrogens is 366 g/mol. The number of unbranched alkanes of at least 4 members (excludes halogenated alkanes) is 3. The fraction of sp³-hybridized carbons (Fsp3) is 0.455. The normalized spacial score (nSPS) is 10.9. The van der Waals surface area contributed by atoms with Gasteiger partial charge in [0.1, 0.15) is 18.8 Å². The molecule has 0 fully saturated rings. The van der Waals surface area contributed by atoms with Crippen molar-refractivity contribution in [1.82, 2.24) is 24.9 Å². The second-order valence-corrected chi connectivity index (χ2v) is 7.13. The van der Waals surface area contributed by atoms with Gasteiger partial charge in [0, 0.05) is 24.7 Å². The lowest BCUT2D eigenvalue weighted by Crippen LogP contribution is -2.25. The number of fused-ring (bicyclic) bond motifs is 1. The zero-order valence-electron chi connectivity index (χ0n) is 17.0. The highest BCUT2D eigenvalue weighted by Crippen LogP contribution is 2.14. The van der Waals surface area contributed by atoms with Crippen LogP contribution in [0.3, 0.4) is 0 Å². The van der Waals surface area contributed by atoms with E-state index < -0.39 is 6.09 Å². The van der Waals surface area contributed by atoms with Gasteiger partial charge >= 0.3 is 6.09 Å². The molecule has 0 spiro atoms. The van der Waals surface area contributed by atoms with Gasteiger partial charge in [-0.3, -0.25) is 4.40 Å². The topological polar surface area (TPSA) is 81.4 Å². The number of carbonyl (C=O) groups is 1.